The molecule has 1 aromatic carbocycles. The van der Waals surface area contributed by atoms with Crippen molar-refractivity contribution < 1.29 is 18.8 Å². The molecule has 2 aromatic rings. The molecule has 2 rings (SSSR count). The van der Waals surface area contributed by atoms with Crippen LogP contribution in [0.15, 0.2) is 28.8 Å². The van der Waals surface area contributed by atoms with Crippen molar-refractivity contribution in [3.8, 4) is 11.3 Å². The van der Waals surface area contributed by atoms with Crippen molar-refractivity contribution in [2.24, 2.45) is 0 Å². The number of aromatic nitrogens is 1. The summed E-state index contributed by atoms with van der Waals surface area (Å²) in [6.45, 7) is 1.60. The molecule has 0 radical (unpaired) electrons. The molecule has 16 heavy (non-hydrogen) atoms. The third-order valence-corrected chi connectivity index (χ3v) is 2.24. The number of carboxylic acids is 1. The number of hydrogen-bond donors (Lipinski definition) is 1. The molecule has 0 aliphatic carbocycles. The molecule has 0 amide bonds. The predicted molar refractivity (Wildman–Crippen MR) is 53.6 cm³/mol. The molecule has 0 atom stereocenters. The first kappa shape index (κ1) is 10.4. The number of aromatic carboxylic acids is 1. The normalized spacial score (nSPS) is 10.4. The lowest BCUT2D eigenvalue weighted by molar-refractivity contribution is 0.0651. The van der Waals surface area contributed by atoms with E-state index in [-0.39, 0.29) is 11.6 Å². The average Bonchev–Trinajstić information content (AvgIpc) is 2.61. The quantitative estimate of drug-likeness (QED) is 0.846. The van der Waals surface area contributed by atoms with E-state index in [1.165, 1.54) is 24.3 Å². The summed E-state index contributed by atoms with van der Waals surface area (Å²) in [4.78, 5) is 10.7. The lowest BCUT2D eigenvalue weighted by atomic mass is 10.1. The number of halogens is 1. The monoisotopic (exact) mass is 221 g/mol. The first-order chi connectivity index (χ1) is 7.59. The zero-order chi connectivity index (χ0) is 11.7. The van der Waals surface area contributed by atoms with Gasteiger partial charge in [0.25, 0.3) is 0 Å². The molecular formula is C11H8FNO3. The van der Waals surface area contributed by atoms with Gasteiger partial charge in [0.2, 0.25) is 5.76 Å². The highest BCUT2D eigenvalue weighted by molar-refractivity contribution is 5.88. The summed E-state index contributed by atoms with van der Waals surface area (Å²) in [6, 6.07) is 5.60. The topological polar surface area (TPSA) is 63.3 Å². The minimum Gasteiger partial charge on any atom is -0.475 e. The van der Waals surface area contributed by atoms with Gasteiger partial charge in [0.15, 0.2) is 0 Å². The van der Waals surface area contributed by atoms with E-state index in [1.807, 2.05) is 0 Å². The van der Waals surface area contributed by atoms with Crippen LogP contribution in [0.4, 0.5) is 4.39 Å². The van der Waals surface area contributed by atoms with E-state index in [0.29, 0.717) is 16.8 Å². The summed E-state index contributed by atoms with van der Waals surface area (Å²) < 4.78 is 17.4. The average molecular weight is 221 g/mol. The molecular weight excluding hydrogens is 213 g/mol. The summed E-state index contributed by atoms with van der Waals surface area (Å²) in [7, 11) is 0. The summed E-state index contributed by atoms with van der Waals surface area (Å²) in [5.41, 5.74) is 1.46. The zero-order valence-electron chi connectivity index (χ0n) is 8.40. The van der Waals surface area contributed by atoms with Crippen molar-refractivity contribution in [1.29, 1.82) is 0 Å². The number of carbonyl (C=O) groups is 1. The van der Waals surface area contributed by atoms with Gasteiger partial charge in [0.1, 0.15) is 11.5 Å². The van der Waals surface area contributed by atoms with Gasteiger partial charge in [-0.1, -0.05) is 5.16 Å². The lowest BCUT2D eigenvalue weighted by Gasteiger charge is -1.96. The Morgan fingerprint density at radius 1 is 1.38 bits per heavy atom. The van der Waals surface area contributed by atoms with Crippen molar-refractivity contribution in [3.05, 3.63) is 41.4 Å². The summed E-state index contributed by atoms with van der Waals surface area (Å²) in [6.07, 6.45) is 0. The third kappa shape index (κ3) is 1.67. The Morgan fingerprint density at radius 2 is 2.00 bits per heavy atom. The second-order valence-electron chi connectivity index (χ2n) is 3.30. The number of carboxylic acid groups (broad SMARTS) is 1. The van der Waals surface area contributed by atoms with E-state index in [0.717, 1.165) is 0 Å². The fraction of sp³-hybridized carbons (Fsp3) is 0.0909. The highest BCUT2D eigenvalue weighted by Crippen LogP contribution is 2.24. The highest BCUT2D eigenvalue weighted by Gasteiger charge is 2.18. The maximum atomic E-state index is 12.7. The van der Waals surface area contributed by atoms with Crippen LogP contribution in [-0.2, 0) is 0 Å². The van der Waals surface area contributed by atoms with Gasteiger partial charge < -0.3 is 9.63 Å². The Hall–Kier alpha value is -2.17. The van der Waals surface area contributed by atoms with Crippen LogP contribution < -0.4 is 0 Å². The molecule has 0 bridgehead atoms. The minimum atomic E-state index is -1.17. The van der Waals surface area contributed by atoms with Crippen LogP contribution in [-0.4, -0.2) is 16.2 Å². The van der Waals surface area contributed by atoms with Gasteiger partial charge in [0, 0.05) is 11.1 Å². The molecule has 0 aliphatic rings. The van der Waals surface area contributed by atoms with Gasteiger partial charge in [-0.05, 0) is 31.2 Å². The first-order valence-corrected chi connectivity index (χ1v) is 4.55. The van der Waals surface area contributed by atoms with E-state index < -0.39 is 5.97 Å². The van der Waals surface area contributed by atoms with E-state index in [1.54, 1.807) is 6.92 Å². The standard InChI is InChI=1S/C11H8FNO3/c1-6-9(13-16-10(6)11(14)15)7-2-4-8(12)5-3-7/h2-5H,1H3,(H,14,15). The molecule has 1 aromatic heterocycles. The number of nitrogens with zero attached hydrogens (tertiary/aromatic N) is 1. The molecule has 82 valence electrons. The first-order valence-electron chi connectivity index (χ1n) is 4.55. The zero-order valence-corrected chi connectivity index (χ0v) is 8.40. The van der Waals surface area contributed by atoms with Crippen molar-refractivity contribution in [3.63, 3.8) is 0 Å². The van der Waals surface area contributed by atoms with Crippen LogP contribution in [0.5, 0.6) is 0 Å². The van der Waals surface area contributed by atoms with E-state index in [4.69, 9.17) is 9.63 Å². The Morgan fingerprint density at radius 3 is 2.50 bits per heavy atom. The van der Waals surface area contributed by atoms with Crippen LogP contribution in [0, 0.1) is 12.7 Å². The smallest absolute Gasteiger partial charge is 0.375 e. The molecule has 0 fully saturated rings. The Bertz CT molecular complexity index is 531. The van der Waals surface area contributed by atoms with Gasteiger partial charge in [-0.2, -0.15) is 0 Å². The van der Waals surface area contributed by atoms with Gasteiger partial charge >= 0.3 is 5.97 Å². The highest BCUT2D eigenvalue weighted by atomic mass is 19.1. The summed E-state index contributed by atoms with van der Waals surface area (Å²) in [5.74, 6) is -1.72. The number of rotatable bonds is 2. The summed E-state index contributed by atoms with van der Waals surface area (Å²) in [5, 5.41) is 12.4. The van der Waals surface area contributed by atoms with Crippen LogP contribution in [0.3, 0.4) is 0 Å². The summed E-state index contributed by atoms with van der Waals surface area (Å²) >= 11 is 0. The molecule has 0 saturated heterocycles. The molecule has 0 aliphatic heterocycles. The Balaban J connectivity index is 2.49. The van der Waals surface area contributed by atoms with Crippen molar-refractivity contribution in [2.75, 3.05) is 0 Å². The van der Waals surface area contributed by atoms with Crippen molar-refractivity contribution in [1.82, 2.24) is 5.16 Å². The van der Waals surface area contributed by atoms with Crippen LogP contribution >= 0.6 is 0 Å². The Labute approximate surface area is 90.3 Å². The van der Waals surface area contributed by atoms with Gasteiger partial charge in [-0.25, -0.2) is 9.18 Å². The second-order valence-corrected chi connectivity index (χ2v) is 3.30. The molecule has 4 nitrogen and oxygen atoms in total. The molecule has 0 unspecified atom stereocenters. The van der Waals surface area contributed by atoms with Crippen molar-refractivity contribution >= 4 is 5.97 Å². The van der Waals surface area contributed by atoms with Gasteiger partial charge in [0.05, 0.1) is 0 Å². The molecule has 5 heteroatoms. The van der Waals surface area contributed by atoms with Gasteiger partial charge in [-0.15, -0.1) is 0 Å². The number of hydrogen-bond acceptors (Lipinski definition) is 3. The van der Waals surface area contributed by atoms with E-state index in [2.05, 4.69) is 5.16 Å². The SMILES string of the molecule is Cc1c(-c2ccc(F)cc2)noc1C(=O)O. The fourth-order valence-corrected chi connectivity index (χ4v) is 1.41. The van der Waals surface area contributed by atoms with Crippen LogP contribution in [0.2, 0.25) is 0 Å². The maximum Gasteiger partial charge on any atom is 0.375 e. The second kappa shape index (κ2) is 3.77. The van der Waals surface area contributed by atoms with Crippen LogP contribution in [0.25, 0.3) is 11.3 Å². The largest absolute Gasteiger partial charge is 0.475 e. The fourth-order valence-electron chi connectivity index (χ4n) is 1.41. The molecule has 1 heterocycles. The lowest BCUT2D eigenvalue weighted by Crippen LogP contribution is -1.95. The van der Waals surface area contributed by atoms with E-state index >= 15 is 0 Å². The third-order valence-electron chi connectivity index (χ3n) is 2.24. The van der Waals surface area contributed by atoms with E-state index in [9.17, 15) is 9.18 Å². The molecule has 1 N–H and O–H groups in total. The molecule has 0 spiro atoms. The van der Waals surface area contributed by atoms with Crippen molar-refractivity contribution in [2.45, 2.75) is 6.92 Å². The van der Waals surface area contributed by atoms with Crippen LogP contribution in [0.1, 0.15) is 16.1 Å². The number of benzene rings is 1. The van der Waals surface area contributed by atoms with Gasteiger partial charge in [-0.3, -0.25) is 0 Å². The minimum absolute atomic E-state index is 0.195. The maximum absolute atomic E-state index is 12.7. The predicted octanol–water partition coefficient (Wildman–Crippen LogP) is 2.49. The Kier molecular flexibility index (Phi) is 2.44. The molecule has 0 saturated carbocycles.